The van der Waals surface area contributed by atoms with E-state index in [2.05, 4.69) is 0 Å². The topological polar surface area (TPSA) is 81.1 Å². The number of likely N-dealkylation sites (N-methyl/N-ethyl adjacent to an activating group) is 1. The standard InChI is InChI=1S/C12H22N2O4/c1-13(8-7-11(16)17)12(18)14(2)9-5-3-4-6-10(9)15/h9-10,15H,3-8H2,1-2H3,(H,16,17). The Labute approximate surface area is 107 Å². The van der Waals surface area contributed by atoms with Crippen molar-refractivity contribution in [1.82, 2.24) is 9.80 Å². The molecule has 2 atom stereocenters. The largest absolute Gasteiger partial charge is 0.481 e. The molecule has 1 fully saturated rings. The molecule has 1 aliphatic rings. The minimum atomic E-state index is -0.921. The molecule has 1 aliphatic carbocycles. The second-order valence-electron chi connectivity index (χ2n) is 4.88. The number of aliphatic hydroxyl groups excluding tert-OH is 1. The number of carbonyl (C=O) groups excluding carboxylic acids is 1. The molecule has 1 rings (SSSR count). The second-order valence-corrected chi connectivity index (χ2v) is 4.88. The molecule has 0 heterocycles. The summed E-state index contributed by atoms with van der Waals surface area (Å²) in [5.74, 6) is -0.921. The number of aliphatic hydroxyl groups is 1. The number of rotatable bonds is 4. The zero-order chi connectivity index (χ0) is 13.7. The predicted molar refractivity (Wildman–Crippen MR) is 66.3 cm³/mol. The summed E-state index contributed by atoms with van der Waals surface area (Å²) in [6.07, 6.45) is 2.99. The maximum absolute atomic E-state index is 12.0. The van der Waals surface area contributed by atoms with Crippen LogP contribution in [0.2, 0.25) is 0 Å². The van der Waals surface area contributed by atoms with Gasteiger partial charge in [0.1, 0.15) is 0 Å². The van der Waals surface area contributed by atoms with Gasteiger partial charge in [-0.25, -0.2) is 4.79 Å². The Balaban J connectivity index is 2.51. The monoisotopic (exact) mass is 258 g/mol. The molecule has 0 aromatic rings. The lowest BCUT2D eigenvalue weighted by atomic mass is 9.92. The summed E-state index contributed by atoms with van der Waals surface area (Å²) in [5.41, 5.74) is 0. The van der Waals surface area contributed by atoms with Crippen LogP contribution >= 0.6 is 0 Å². The molecule has 2 unspecified atom stereocenters. The first kappa shape index (κ1) is 14.8. The number of carboxylic acid groups (broad SMARTS) is 1. The number of carbonyl (C=O) groups is 2. The summed E-state index contributed by atoms with van der Waals surface area (Å²) in [4.78, 5) is 25.4. The number of hydrogen-bond acceptors (Lipinski definition) is 3. The van der Waals surface area contributed by atoms with Crippen molar-refractivity contribution in [2.75, 3.05) is 20.6 Å². The summed E-state index contributed by atoms with van der Waals surface area (Å²) in [6, 6.07) is -0.388. The maximum atomic E-state index is 12.0. The number of amides is 2. The number of aliphatic carboxylic acids is 1. The van der Waals surface area contributed by atoms with Crippen molar-refractivity contribution in [1.29, 1.82) is 0 Å². The average molecular weight is 258 g/mol. The molecule has 0 aromatic heterocycles. The summed E-state index contributed by atoms with van der Waals surface area (Å²) < 4.78 is 0. The molecule has 0 aromatic carbocycles. The van der Waals surface area contributed by atoms with E-state index < -0.39 is 12.1 Å². The molecule has 18 heavy (non-hydrogen) atoms. The Morgan fingerprint density at radius 2 is 1.83 bits per heavy atom. The minimum Gasteiger partial charge on any atom is -0.481 e. The average Bonchev–Trinajstić information content (AvgIpc) is 2.34. The van der Waals surface area contributed by atoms with E-state index in [1.54, 1.807) is 14.1 Å². The van der Waals surface area contributed by atoms with Crippen LogP contribution in [0.1, 0.15) is 32.1 Å². The van der Waals surface area contributed by atoms with Gasteiger partial charge >= 0.3 is 12.0 Å². The fraction of sp³-hybridized carbons (Fsp3) is 0.833. The SMILES string of the molecule is CN(CCC(=O)O)C(=O)N(C)C1CCCCC1O. The van der Waals surface area contributed by atoms with Gasteiger partial charge in [0.05, 0.1) is 18.6 Å². The van der Waals surface area contributed by atoms with Crippen LogP contribution in [0, 0.1) is 0 Å². The van der Waals surface area contributed by atoms with E-state index >= 15 is 0 Å². The highest BCUT2D eigenvalue weighted by Crippen LogP contribution is 2.22. The first-order valence-electron chi connectivity index (χ1n) is 6.31. The smallest absolute Gasteiger partial charge is 0.319 e. The van der Waals surface area contributed by atoms with Crippen molar-refractivity contribution >= 4 is 12.0 Å². The van der Waals surface area contributed by atoms with Crippen LogP contribution in [0.5, 0.6) is 0 Å². The lowest BCUT2D eigenvalue weighted by molar-refractivity contribution is -0.137. The van der Waals surface area contributed by atoms with Crippen molar-refractivity contribution in [2.45, 2.75) is 44.2 Å². The summed E-state index contributed by atoms with van der Waals surface area (Å²) >= 11 is 0. The van der Waals surface area contributed by atoms with E-state index in [1.807, 2.05) is 0 Å². The van der Waals surface area contributed by atoms with E-state index in [-0.39, 0.29) is 25.0 Å². The highest BCUT2D eigenvalue weighted by atomic mass is 16.4. The first-order valence-corrected chi connectivity index (χ1v) is 6.31. The Morgan fingerprint density at radius 1 is 1.22 bits per heavy atom. The lowest BCUT2D eigenvalue weighted by Crippen LogP contribution is -2.50. The van der Waals surface area contributed by atoms with Crippen LogP contribution in [-0.4, -0.2) is 64.8 Å². The predicted octanol–water partition coefficient (Wildman–Crippen LogP) is 0.748. The van der Waals surface area contributed by atoms with Crippen LogP contribution in [0.4, 0.5) is 4.79 Å². The molecule has 104 valence electrons. The molecule has 0 aliphatic heterocycles. The van der Waals surface area contributed by atoms with Gasteiger partial charge in [-0.2, -0.15) is 0 Å². The van der Waals surface area contributed by atoms with Gasteiger partial charge in [0.25, 0.3) is 0 Å². The highest BCUT2D eigenvalue weighted by molar-refractivity contribution is 5.75. The zero-order valence-electron chi connectivity index (χ0n) is 11.0. The van der Waals surface area contributed by atoms with Gasteiger partial charge in [0, 0.05) is 20.6 Å². The Kier molecular flexibility index (Phi) is 5.40. The van der Waals surface area contributed by atoms with Gasteiger partial charge in [-0.1, -0.05) is 12.8 Å². The molecular formula is C12H22N2O4. The molecule has 0 saturated heterocycles. The molecular weight excluding hydrogens is 236 g/mol. The van der Waals surface area contributed by atoms with Crippen LogP contribution < -0.4 is 0 Å². The van der Waals surface area contributed by atoms with Crippen LogP contribution in [0.15, 0.2) is 0 Å². The minimum absolute atomic E-state index is 0.0662. The van der Waals surface area contributed by atoms with Gasteiger partial charge in [0.2, 0.25) is 0 Å². The third kappa shape index (κ3) is 3.87. The van der Waals surface area contributed by atoms with E-state index in [0.717, 1.165) is 25.7 Å². The van der Waals surface area contributed by atoms with Crippen molar-refractivity contribution < 1.29 is 19.8 Å². The summed E-state index contributed by atoms with van der Waals surface area (Å²) in [7, 11) is 3.25. The molecule has 2 amide bonds. The Bertz CT molecular complexity index is 308. The fourth-order valence-corrected chi connectivity index (χ4v) is 2.31. The third-order valence-electron chi connectivity index (χ3n) is 3.48. The number of nitrogens with zero attached hydrogens (tertiary/aromatic N) is 2. The van der Waals surface area contributed by atoms with E-state index in [4.69, 9.17) is 5.11 Å². The van der Waals surface area contributed by atoms with Gasteiger partial charge in [-0.3, -0.25) is 4.79 Å². The quantitative estimate of drug-likeness (QED) is 0.779. The van der Waals surface area contributed by atoms with Crippen LogP contribution in [0.25, 0.3) is 0 Å². The number of urea groups is 1. The fourth-order valence-electron chi connectivity index (χ4n) is 2.31. The van der Waals surface area contributed by atoms with Crippen molar-refractivity contribution in [3.63, 3.8) is 0 Å². The maximum Gasteiger partial charge on any atom is 0.319 e. The van der Waals surface area contributed by atoms with Crippen molar-refractivity contribution in [3.8, 4) is 0 Å². The molecule has 6 nitrogen and oxygen atoms in total. The van der Waals surface area contributed by atoms with Gasteiger partial charge in [-0.05, 0) is 12.8 Å². The van der Waals surface area contributed by atoms with E-state index in [0.29, 0.717) is 0 Å². The third-order valence-corrected chi connectivity index (χ3v) is 3.48. The van der Waals surface area contributed by atoms with Crippen molar-refractivity contribution in [3.05, 3.63) is 0 Å². The molecule has 0 bridgehead atoms. The zero-order valence-corrected chi connectivity index (χ0v) is 11.0. The summed E-state index contributed by atoms with van der Waals surface area (Å²) in [5, 5.41) is 18.5. The number of hydrogen-bond donors (Lipinski definition) is 2. The van der Waals surface area contributed by atoms with Crippen LogP contribution in [0.3, 0.4) is 0 Å². The van der Waals surface area contributed by atoms with Gasteiger partial charge < -0.3 is 20.0 Å². The molecule has 0 spiro atoms. The Morgan fingerprint density at radius 3 is 2.39 bits per heavy atom. The summed E-state index contributed by atoms with van der Waals surface area (Å²) in [6.45, 7) is 0.182. The van der Waals surface area contributed by atoms with E-state index in [9.17, 15) is 14.7 Å². The van der Waals surface area contributed by atoms with Gasteiger partial charge in [0.15, 0.2) is 0 Å². The Hall–Kier alpha value is -1.30. The normalized spacial score (nSPS) is 23.5. The molecule has 1 saturated carbocycles. The molecule has 2 N–H and O–H groups in total. The van der Waals surface area contributed by atoms with Crippen LogP contribution in [-0.2, 0) is 4.79 Å². The van der Waals surface area contributed by atoms with Crippen molar-refractivity contribution in [2.24, 2.45) is 0 Å². The first-order chi connectivity index (χ1) is 8.43. The van der Waals surface area contributed by atoms with E-state index in [1.165, 1.54) is 9.80 Å². The van der Waals surface area contributed by atoms with Gasteiger partial charge in [-0.15, -0.1) is 0 Å². The molecule has 0 radical (unpaired) electrons. The molecule has 6 heteroatoms. The lowest BCUT2D eigenvalue weighted by Gasteiger charge is -2.37. The highest BCUT2D eigenvalue weighted by Gasteiger charge is 2.30. The second kappa shape index (κ2) is 6.58. The number of carboxylic acids is 1.